The molecule has 1 aliphatic heterocycles. The number of sulfonamides is 1. The molecule has 0 aromatic heterocycles. The van der Waals surface area contributed by atoms with Crippen LogP contribution in [0.25, 0.3) is 5.57 Å². The number of carbonyl (C=O) groups is 1. The Bertz CT molecular complexity index is 1390. The number of ether oxygens (including phenoxy) is 2. The molecule has 0 fully saturated rings. The van der Waals surface area contributed by atoms with Gasteiger partial charge in [-0.25, -0.2) is 8.42 Å². The number of fused-ring (bicyclic) bond motifs is 1. The van der Waals surface area contributed by atoms with E-state index in [9.17, 15) is 13.2 Å². The number of methoxy groups -OCH3 is 2. The lowest BCUT2D eigenvalue weighted by Crippen LogP contribution is -2.39. The van der Waals surface area contributed by atoms with E-state index in [2.05, 4.69) is 21.2 Å². The lowest BCUT2D eigenvalue weighted by atomic mass is 10.0. The minimum Gasteiger partial charge on any atom is -0.493 e. The van der Waals surface area contributed by atoms with E-state index >= 15 is 0 Å². The number of amides is 1. The van der Waals surface area contributed by atoms with E-state index in [0.717, 1.165) is 10.0 Å². The molecule has 0 bridgehead atoms. The summed E-state index contributed by atoms with van der Waals surface area (Å²) in [7, 11) is -1.21. The highest BCUT2D eigenvalue weighted by molar-refractivity contribution is 9.10. The molecule has 1 heterocycles. The van der Waals surface area contributed by atoms with Crippen LogP contribution in [0, 0.1) is 0 Å². The highest BCUT2D eigenvalue weighted by Gasteiger charge is 2.40. The van der Waals surface area contributed by atoms with E-state index in [0.29, 0.717) is 34.0 Å². The second-order valence-corrected chi connectivity index (χ2v) is 10.4. The van der Waals surface area contributed by atoms with Crippen molar-refractivity contribution >= 4 is 48.8 Å². The summed E-state index contributed by atoms with van der Waals surface area (Å²) < 4.78 is 40.6. The fourth-order valence-corrected chi connectivity index (χ4v) is 6.02. The van der Waals surface area contributed by atoms with Crippen LogP contribution >= 0.6 is 15.9 Å². The van der Waals surface area contributed by atoms with Gasteiger partial charge in [-0.3, -0.25) is 9.10 Å². The second kappa shape index (κ2) is 9.52. The lowest BCUT2D eigenvalue weighted by molar-refractivity contribution is -0.112. The average molecular weight is 543 g/mol. The molecule has 1 N–H and O–H groups in total. The molecular weight excluding hydrogens is 520 g/mol. The molecule has 0 saturated carbocycles. The third kappa shape index (κ3) is 4.41. The number of halogens is 1. The monoisotopic (exact) mass is 542 g/mol. The van der Waals surface area contributed by atoms with E-state index in [-0.39, 0.29) is 11.4 Å². The molecule has 4 rings (SSSR count). The van der Waals surface area contributed by atoms with Gasteiger partial charge in [-0.2, -0.15) is 0 Å². The fourth-order valence-electron chi connectivity index (χ4n) is 3.89. The van der Waals surface area contributed by atoms with E-state index < -0.39 is 15.9 Å². The van der Waals surface area contributed by atoms with Crippen molar-refractivity contribution in [2.75, 3.05) is 23.8 Å². The van der Waals surface area contributed by atoms with Gasteiger partial charge in [0.25, 0.3) is 15.9 Å². The molecule has 0 unspecified atom stereocenters. The zero-order valence-corrected chi connectivity index (χ0v) is 21.2. The number of hydrogen-bond donors (Lipinski definition) is 1. The standard InChI is InChI=1S/C25H23BrN2O5S/c1-16-20-13-22(32-2)23(33-3)14-21(20)28(15-17-8-5-4-6-9-17)34(30,31)24(16)25(29)27-19-11-7-10-18(26)12-19/h4-14H,15H2,1-3H3,(H,27,29). The van der Waals surface area contributed by atoms with Crippen LogP contribution in [-0.4, -0.2) is 28.5 Å². The number of anilines is 2. The minimum absolute atomic E-state index is 0.0482. The first kappa shape index (κ1) is 23.8. The summed E-state index contributed by atoms with van der Waals surface area (Å²) >= 11 is 3.36. The summed E-state index contributed by atoms with van der Waals surface area (Å²) in [6.07, 6.45) is 0. The fraction of sp³-hybridized carbons (Fsp3) is 0.160. The molecule has 0 atom stereocenters. The molecule has 3 aromatic carbocycles. The van der Waals surface area contributed by atoms with Crippen LogP contribution in [0.15, 0.2) is 76.1 Å². The predicted molar refractivity (Wildman–Crippen MR) is 136 cm³/mol. The van der Waals surface area contributed by atoms with E-state index in [4.69, 9.17) is 9.47 Å². The van der Waals surface area contributed by atoms with E-state index in [1.165, 1.54) is 18.5 Å². The van der Waals surface area contributed by atoms with Crippen LogP contribution in [0.5, 0.6) is 11.5 Å². The summed E-state index contributed by atoms with van der Waals surface area (Å²) in [5, 5.41) is 2.72. The summed E-state index contributed by atoms with van der Waals surface area (Å²) in [5.74, 6) is 0.116. The second-order valence-electron chi connectivity index (χ2n) is 7.64. The number of carbonyl (C=O) groups excluding carboxylic acids is 1. The van der Waals surface area contributed by atoms with Gasteiger partial charge in [0.1, 0.15) is 0 Å². The highest BCUT2D eigenvalue weighted by atomic mass is 79.9. The Kier molecular flexibility index (Phi) is 6.67. The zero-order chi connectivity index (χ0) is 24.5. The first-order valence-electron chi connectivity index (χ1n) is 10.4. The molecule has 9 heteroatoms. The Hall–Kier alpha value is -3.30. The van der Waals surface area contributed by atoms with Gasteiger partial charge < -0.3 is 14.8 Å². The van der Waals surface area contributed by atoms with Gasteiger partial charge in [0.2, 0.25) is 0 Å². The van der Waals surface area contributed by atoms with Crippen molar-refractivity contribution in [3.8, 4) is 11.5 Å². The van der Waals surface area contributed by atoms with Gasteiger partial charge in [0, 0.05) is 21.8 Å². The van der Waals surface area contributed by atoms with Gasteiger partial charge in [0.05, 0.1) is 26.5 Å². The molecule has 7 nitrogen and oxygen atoms in total. The van der Waals surface area contributed by atoms with Crippen molar-refractivity contribution in [3.63, 3.8) is 0 Å². The Morgan fingerprint density at radius 3 is 2.29 bits per heavy atom. The van der Waals surface area contributed by atoms with Gasteiger partial charge in [-0.1, -0.05) is 52.3 Å². The van der Waals surface area contributed by atoms with Crippen LogP contribution in [0.4, 0.5) is 11.4 Å². The first-order valence-corrected chi connectivity index (χ1v) is 12.6. The van der Waals surface area contributed by atoms with Crippen molar-refractivity contribution in [1.82, 2.24) is 0 Å². The molecule has 0 radical (unpaired) electrons. The third-order valence-corrected chi connectivity index (χ3v) is 7.93. The number of hydrogen-bond acceptors (Lipinski definition) is 5. The van der Waals surface area contributed by atoms with Crippen molar-refractivity contribution in [1.29, 1.82) is 0 Å². The largest absolute Gasteiger partial charge is 0.493 e. The molecule has 0 aliphatic carbocycles. The number of benzene rings is 3. The average Bonchev–Trinajstić information content (AvgIpc) is 2.81. The Balaban J connectivity index is 1.89. The van der Waals surface area contributed by atoms with Crippen molar-refractivity contribution in [3.05, 3.63) is 87.2 Å². The van der Waals surface area contributed by atoms with Crippen LogP contribution < -0.4 is 19.1 Å². The number of allylic oxidation sites excluding steroid dienone is 1. The summed E-state index contributed by atoms with van der Waals surface area (Å²) in [5.41, 5.74) is 2.56. The Morgan fingerprint density at radius 2 is 1.65 bits per heavy atom. The van der Waals surface area contributed by atoms with Crippen LogP contribution in [-0.2, 0) is 21.4 Å². The number of nitrogens with one attached hydrogen (secondary N) is 1. The van der Waals surface area contributed by atoms with Crippen molar-refractivity contribution in [2.45, 2.75) is 13.5 Å². The smallest absolute Gasteiger partial charge is 0.270 e. The maximum atomic E-state index is 13.9. The topological polar surface area (TPSA) is 84.9 Å². The SMILES string of the molecule is COc1cc2c(cc1OC)N(Cc1ccccc1)S(=O)(=O)C(C(=O)Nc1cccc(Br)c1)=C2C. The lowest BCUT2D eigenvalue weighted by Gasteiger charge is -2.33. The maximum Gasteiger partial charge on any atom is 0.270 e. The molecular formula is C25H23BrN2O5S. The maximum absolute atomic E-state index is 13.9. The van der Waals surface area contributed by atoms with Gasteiger partial charge >= 0.3 is 0 Å². The molecule has 34 heavy (non-hydrogen) atoms. The van der Waals surface area contributed by atoms with E-state index in [1.54, 1.807) is 37.3 Å². The van der Waals surface area contributed by atoms with Crippen LogP contribution in [0.3, 0.4) is 0 Å². The summed E-state index contributed by atoms with van der Waals surface area (Å²) in [6, 6.07) is 19.5. The summed E-state index contributed by atoms with van der Waals surface area (Å²) in [6.45, 7) is 1.67. The van der Waals surface area contributed by atoms with Gasteiger partial charge in [-0.15, -0.1) is 0 Å². The normalized spacial score (nSPS) is 14.4. The summed E-state index contributed by atoms with van der Waals surface area (Å²) in [4.78, 5) is 13.0. The zero-order valence-electron chi connectivity index (χ0n) is 18.8. The van der Waals surface area contributed by atoms with E-state index in [1.807, 2.05) is 36.4 Å². The Morgan fingerprint density at radius 1 is 0.971 bits per heavy atom. The number of nitrogens with zero attached hydrogens (tertiary/aromatic N) is 1. The predicted octanol–water partition coefficient (Wildman–Crippen LogP) is 5.19. The van der Waals surface area contributed by atoms with Gasteiger partial charge in [0.15, 0.2) is 16.4 Å². The van der Waals surface area contributed by atoms with Crippen LogP contribution in [0.2, 0.25) is 0 Å². The molecule has 1 aliphatic rings. The molecule has 1 amide bonds. The van der Waals surface area contributed by atoms with Crippen LogP contribution in [0.1, 0.15) is 18.1 Å². The molecule has 176 valence electrons. The molecule has 0 saturated heterocycles. The molecule has 0 spiro atoms. The van der Waals surface area contributed by atoms with Crippen molar-refractivity contribution in [2.24, 2.45) is 0 Å². The van der Waals surface area contributed by atoms with Crippen molar-refractivity contribution < 1.29 is 22.7 Å². The minimum atomic E-state index is -4.21. The number of rotatable bonds is 6. The first-order chi connectivity index (χ1) is 16.3. The van der Waals surface area contributed by atoms with Gasteiger partial charge in [-0.05, 0) is 42.3 Å². The molecule has 3 aromatic rings. The highest BCUT2D eigenvalue weighted by Crippen LogP contribution is 2.45. The Labute approximate surface area is 207 Å². The third-order valence-electron chi connectivity index (χ3n) is 5.52. The quantitative estimate of drug-likeness (QED) is 0.463.